The minimum absolute atomic E-state index is 0.0256. The molecule has 0 unspecified atom stereocenters. The van der Waals surface area contributed by atoms with Crippen LogP contribution in [0.15, 0.2) is 0 Å². The van der Waals surface area contributed by atoms with Gasteiger partial charge in [0.25, 0.3) is 0 Å². The molecule has 0 saturated carbocycles. The molecule has 0 aliphatic rings. The molecular weight excluding hydrogens is 200 g/mol. The van der Waals surface area contributed by atoms with Gasteiger partial charge in [0.05, 0.1) is 6.54 Å². The van der Waals surface area contributed by atoms with Crippen molar-refractivity contribution in [2.45, 2.75) is 19.4 Å². The van der Waals surface area contributed by atoms with Crippen LogP contribution in [0.1, 0.15) is 13.3 Å². The molecule has 0 heterocycles. The van der Waals surface area contributed by atoms with Crippen LogP contribution in [-0.2, 0) is 4.79 Å². The summed E-state index contributed by atoms with van der Waals surface area (Å²) in [7, 11) is 0. The van der Waals surface area contributed by atoms with Gasteiger partial charge in [-0.2, -0.15) is 0 Å². The molecule has 0 radical (unpaired) electrons. The largest absolute Gasteiger partial charge is 0.480 e. The van der Waals surface area contributed by atoms with Crippen molar-refractivity contribution in [2.24, 2.45) is 0 Å². The predicted octanol–water partition coefficient (Wildman–Crippen LogP) is -0.855. The standard InChI is InChI=1S/C9H14N2O4/c1-2-3-5-10-9(15)11-7(4-6-12)8(13)14/h7,12H,4-6H2,1H3,(H,13,14)(H2,10,11,15)/t7-/m0/s1. The topological polar surface area (TPSA) is 98.7 Å². The molecule has 0 aromatic heterocycles. The van der Waals surface area contributed by atoms with Crippen molar-refractivity contribution in [2.75, 3.05) is 13.2 Å². The molecule has 0 fully saturated rings. The molecule has 84 valence electrons. The zero-order valence-corrected chi connectivity index (χ0v) is 8.41. The van der Waals surface area contributed by atoms with Crippen LogP contribution in [0.25, 0.3) is 0 Å². The van der Waals surface area contributed by atoms with E-state index in [0.717, 1.165) is 0 Å². The zero-order valence-electron chi connectivity index (χ0n) is 8.41. The summed E-state index contributed by atoms with van der Waals surface area (Å²) in [6.07, 6.45) is -0.0256. The molecule has 6 heteroatoms. The van der Waals surface area contributed by atoms with Crippen LogP contribution in [0.3, 0.4) is 0 Å². The molecule has 0 rings (SSSR count). The predicted molar refractivity (Wildman–Crippen MR) is 53.1 cm³/mol. The number of hydrogen-bond donors (Lipinski definition) is 4. The lowest BCUT2D eigenvalue weighted by atomic mass is 10.2. The van der Waals surface area contributed by atoms with Gasteiger partial charge >= 0.3 is 12.0 Å². The number of amides is 2. The smallest absolute Gasteiger partial charge is 0.326 e. The maximum atomic E-state index is 11.1. The first-order valence-electron chi connectivity index (χ1n) is 4.39. The number of carbonyl (C=O) groups is 2. The van der Waals surface area contributed by atoms with Crippen molar-refractivity contribution in [3.05, 3.63) is 0 Å². The number of carboxylic acids is 1. The second-order valence-electron chi connectivity index (χ2n) is 2.66. The lowest BCUT2D eigenvalue weighted by molar-refractivity contribution is -0.139. The van der Waals surface area contributed by atoms with E-state index in [4.69, 9.17) is 10.2 Å². The molecule has 15 heavy (non-hydrogen) atoms. The van der Waals surface area contributed by atoms with Crippen molar-refractivity contribution in [1.29, 1.82) is 0 Å². The minimum atomic E-state index is -1.18. The van der Waals surface area contributed by atoms with E-state index >= 15 is 0 Å². The fourth-order valence-corrected chi connectivity index (χ4v) is 0.809. The van der Waals surface area contributed by atoms with Gasteiger partial charge in [-0.1, -0.05) is 5.92 Å². The summed E-state index contributed by atoms with van der Waals surface area (Å²) in [5.41, 5.74) is 0. The first-order valence-corrected chi connectivity index (χ1v) is 4.39. The molecule has 0 aromatic rings. The number of aliphatic hydroxyl groups is 1. The van der Waals surface area contributed by atoms with Gasteiger partial charge in [0, 0.05) is 13.0 Å². The van der Waals surface area contributed by atoms with Gasteiger partial charge in [0.2, 0.25) is 0 Å². The van der Waals surface area contributed by atoms with Gasteiger partial charge in [0.1, 0.15) is 6.04 Å². The third kappa shape index (κ3) is 6.35. The monoisotopic (exact) mass is 214 g/mol. The molecule has 0 aliphatic carbocycles. The summed E-state index contributed by atoms with van der Waals surface area (Å²) < 4.78 is 0. The number of aliphatic carboxylic acids is 1. The lowest BCUT2D eigenvalue weighted by Gasteiger charge is -2.12. The molecule has 0 bridgehead atoms. The lowest BCUT2D eigenvalue weighted by Crippen LogP contribution is -2.46. The van der Waals surface area contributed by atoms with E-state index in [9.17, 15) is 9.59 Å². The maximum absolute atomic E-state index is 11.1. The minimum Gasteiger partial charge on any atom is -0.480 e. The Labute approximate surface area is 87.7 Å². The van der Waals surface area contributed by atoms with Crippen LogP contribution in [0.5, 0.6) is 0 Å². The Bertz CT molecular complexity index is 280. The van der Waals surface area contributed by atoms with E-state index in [0.29, 0.717) is 0 Å². The average Bonchev–Trinajstić information content (AvgIpc) is 2.17. The molecule has 1 atom stereocenters. The fourth-order valence-electron chi connectivity index (χ4n) is 0.809. The van der Waals surface area contributed by atoms with Gasteiger partial charge in [-0.25, -0.2) is 9.59 Å². The molecule has 0 saturated heterocycles. The average molecular weight is 214 g/mol. The van der Waals surface area contributed by atoms with Crippen LogP contribution < -0.4 is 10.6 Å². The highest BCUT2D eigenvalue weighted by molar-refractivity contribution is 5.82. The van der Waals surface area contributed by atoms with E-state index in [-0.39, 0.29) is 19.6 Å². The normalized spacial score (nSPS) is 10.8. The van der Waals surface area contributed by atoms with Gasteiger partial charge in [-0.15, -0.1) is 5.92 Å². The summed E-state index contributed by atoms with van der Waals surface area (Å²) in [4.78, 5) is 21.6. The molecule has 0 aliphatic heterocycles. The molecule has 6 nitrogen and oxygen atoms in total. The van der Waals surface area contributed by atoms with E-state index in [1.165, 1.54) is 0 Å². The van der Waals surface area contributed by atoms with E-state index in [1.54, 1.807) is 6.92 Å². The number of urea groups is 1. The van der Waals surface area contributed by atoms with E-state index in [2.05, 4.69) is 22.5 Å². The first-order chi connectivity index (χ1) is 7.11. The van der Waals surface area contributed by atoms with Crippen LogP contribution in [-0.4, -0.2) is 41.4 Å². The van der Waals surface area contributed by atoms with Gasteiger partial charge in [-0.3, -0.25) is 0 Å². The quantitative estimate of drug-likeness (QED) is 0.448. The van der Waals surface area contributed by atoms with Gasteiger partial charge < -0.3 is 20.8 Å². The Balaban J connectivity index is 3.97. The molecular formula is C9H14N2O4. The van der Waals surface area contributed by atoms with Gasteiger partial charge in [-0.05, 0) is 6.92 Å². The number of carboxylic acid groups (broad SMARTS) is 1. The highest BCUT2D eigenvalue weighted by Crippen LogP contribution is 1.90. The Morgan fingerprint density at radius 3 is 2.60 bits per heavy atom. The number of hydrogen-bond acceptors (Lipinski definition) is 3. The highest BCUT2D eigenvalue weighted by atomic mass is 16.4. The number of nitrogens with one attached hydrogen (secondary N) is 2. The summed E-state index contributed by atoms with van der Waals surface area (Å²) >= 11 is 0. The molecule has 2 amide bonds. The van der Waals surface area contributed by atoms with Crippen molar-refractivity contribution >= 4 is 12.0 Å². The molecule has 0 spiro atoms. The summed E-state index contributed by atoms with van der Waals surface area (Å²) in [6.45, 7) is 1.49. The Morgan fingerprint density at radius 2 is 2.13 bits per heavy atom. The second-order valence-corrected chi connectivity index (χ2v) is 2.66. The first kappa shape index (κ1) is 13.3. The van der Waals surface area contributed by atoms with Gasteiger partial charge in [0.15, 0.2) is 0 Å². The SMILES string of the molecule is CC#CCNC(=O)N[C@@H](CCO)C(=O)O. The Kier molecular flexibility index (Phi) is 6.76. The fraction of sp³-hybridized carbons (Fsp3) is 0.556. The van der Waals surface area contributed by atoms with Crippen molar-refractivity contribution in [3.8, 4) is 11.8 Å². The Morgan fingerprint density at radius 1 is 1.47 bits per heavy atom. The number of aliphatic hydroxyl groups excluding tert-OH is 1. The number of rotatable bonds is 5. The van der Waals surface area contributed by atoms with E-state index in [1.807, 2.05) is 0 Å². The number of carbonyl (C=O) groups excluding carboxylic acids is 1. The summed E-state index contributed by atoms with van der Waals surface area (Å²) in [5.74, 6) is 3.99. The summed E-state index contributed by atoms with van der Waals surface area (Å²) in [5, 5.41) is 21.8. The van der Waals surface area contributed by atoms with Crippen LogP contribution in [0.2, 0.25) is 0 Å². The van der Waals surface area contributed by atoms with E-state index < -0.39 is 18.0 Å². The Hall–Kier alpha value is -1.74. The maximum Gasteiger partial charge on any atom is 0.326 e. The summed E-state index contributed by atoms with van der Waals surface area (Å²) in [6, 6.07) is -1.69. The third-order valence-corrected chi connectivity index (χ3v) is 1.54. The van der Waals surface area contributed by atoms with Crippen LogP contribution >= 0.6 is 0 Å². The molecule has 4 N–H and O–H groups in total. The van der Waals surface area contributed by atoms with Crippen molar-refractivity contribution < 1.29 is 19.8 Å². The third-order valence-electron chi connectivity index (χ3n) is 1.54. The van der Waals surface area contributed by atoms with Crippen molar-refractivity contribution in [3.63, 3.8) is 0 Å². The zero-order chi connectivity index (χ0) is 11.7. The molecule has 0 aromatic carbocycles. The van der Waals surface area contributed by atoms with Crippen LogP contribution in [0, 0.1) is 11.8 Å². The van der Waals surface area contributed by atoms with Crippen molar-refractivity contribution in [1.82, 2.24) is 10.6 Å². The second kappa shape index (κ2) is 7.64. The van der Waals surface area contributed by atoms with Crippen LogP contribution in [0.4, 0.5) is 4.79 Å². The highest BCUT2D eigenvalue weighted by Gasteiger charge is 2.18.